The lowest BCUT2D eigenvalue weighted by atomic mass is 9.81. The number of nitrogens with zero attached hydrogens (tertiary/aromatic N) is 1. The van der Waals surface area contributed by atoms with E-state index in [4.69, 9.17) is 5.11 Å². The minimum Gasteiger partial charge on any atom is -0.478 e. The predicted octanol–water partition coefficient (Wildman–Crippen LogP) is 1.50. The second-order valence-corrected chi connectivity index (χ2v) is 4.21. The van der Waals surface area contributed by atoms with E-state index in [2.05, 4.69) is 4.90 Å². The molecule has 78 valence electrons. The number of rotatable bonds is 2. The number of carboxylic acids is 1. The molecule has 0 aromatic rings. The summed E-state index contributed by atoms with van der Waals surface area (Å²) in [5.74, 6) is -0.151. The van der Waals surface area contributed by atoms with Gasteiger partial charge in [0.05, 0.1) is 0 Å². The minimum absolute atomic E-state index is 0.561. The van der Waals surface area contributed by atoms with Gasteiger partial charge in [-0.3, -0.25) is 4.90 Å². The van der Waals surface area contributed by atoms with Gasteiger partial charge in [0.2, 0.25) is 0 Å². The zero-order valence-corrected chi connectivity index (χ0v) is 8.62. The SMILES string of the molecule is CC/C(C(=O)O)=C1\CN2CCC1CC2. The van der Waals surface area contributed by atoms with Gasteiger partial charge in [0.1, 0.15) is 0 Å². The Morgan fingerprint density at radius 1 is 1.50 bits per heavy atom. The van der Waals surface area contributed by atoms with Crippen LogP contribution in [0.3, 0.4) is 0 Å². The lowest BCUT2D eigenvalue weighted by molar-refractivity contribution is -0.133. The molecule has 3 saturated heterocycles. The monoisotopic (exact) mass is 195 g/mol. The average molecular weight is 195 g/mol. The van der Waals surface area contributed by atoms with E-state index in [9.17, 15) is 4.79 Å². The number of fused-ring (bicyclic) bond motifs is 3. The molecule has 3 aliphatic rings. The first-order valence-corrected chi connectivity index (χ1v) is 5.40. The van der Waals surface area contributed by atoms with Gasteiger partial charge in [-0.15, -0.1) is 0 Å². The molecule has 0 saturated carbocycles. The van der Waals surface area contributed by atoms with Gasteiger partial charge in [0.15, 0.2) is 0 Å². The summed E-state index contributed by atoms with van der Waals surface area (Å²) in [6.07, 6.45) is 2.98. The molecule has 3 heterocycles. The highest BCUT2D eigenvalue weighted by Crippen LogP contribution is 2.34. The van der Waals surface area contributed by atoms with Crippen molar-refractivity contribution in [3.05, 3.63) is 11.1 Å². The van der Waals surface area contributed by atoms with E-state index in [1.807, 2.05) is 6.92 Å². The average Bonchev–Trinajstić information content (AvgIpc) is 2.20. The topological polar surface area (TPSA) is 40.5 Å². The molecule has 0 unspecified atom stereocenters. The highest BCUT2D eigenvalue weighted by atomic mass is 16.4. The van der Waals surface area contributed by atoms with Gasteiger partial charge >= 0.3 is 5.97 Å². The minimum atomic E-state index is -0.712. The summed E-state index contributed by atoms with van der Waals surface area (Å²) in [7, 11) is 0. The molecular weight excluding hydrogens is 178 g/mol. The van der Waals surface area contributed by atoms with Crippen molar-refractivity contribution in [3.8, 4) is 0 Å². The van der Waals surface area contributed by atoms with Crippen LogP contribution in [0.5, 0.6) is 0 Å². The van der Waals surface area contributed by atoms with Crippen LogP contribution in [0.1, 0.15) is 26.2 Å². The summed E-state index contributed by atoms with van der Waals surface area (Å²) in [5.41, 5.74) is 1.87. The number of carboxylic acid groups (broad SMARTS) is 1. The fourth-order valence-electron chi connectivity index (χ4n) is 2.67. The summed E-state index contributed by atoms with van der Waals surface area (Å²) in [5, 5.41) is 9.08. The Bertz CT molecular complexity index is 275. The van der Waals surface area contributed by atoms with E-state index < -0.39 is 5.97 Å². The predicted molar refractivity (Wildman–Crippen MR) is 54.1 cm³/mol. The van der Waals surface area contributed by atoms with E-state index in [1.54, 1.807) is 0 Å². The van der Waals surface area contributed by atoms with E-state index >= 15 is 0 Å². The molecule has 2 bridgehead atoms. The maximum atomic E-state index is 11.0. The Balaban J connectivity index is 2.28. The normalized spacial score (nSPS) is 34.4. The molecule has 0 spiro atoms. The maximum absolute atomic E-state index is 11.0. The van der Waals surface area contributed by atoms with E-state index in [0.717, 1.165) is 32.5 Å². The quantitative estimate of drug-likeness (QED) is 0.679. The van der Waals surface area contributed by atoms with Crippen molar-refractivity contribution in [2.75, 3.05) is 19.6 Å². The Kier molecular flexibility index (Phi) is 2.59. The molecular formula is C11H17NO2. The van der Waals surface area contributed by atoms with Crippen molar-refractivity contribution in [2.45, 2.75) is 26.2 Å². The maximum Gasteiger partial charge on any atom is 0.331 e. The number of piperidine rings is 3. The van der Waals surface area contributed by atoms with Gasteiger partial charge in [-0.1, -0.05) is 6.92 Å². The van der Waals surface area contributed by atoms with Crippen LogP contribution in [-0.4, -0.2) is 35.6 Å². The molecule has 3 aliphatic heterocycles. The van der Waals surface area contributed by atoms with Crippen LogP contribution in [0, 0.1) is 5.92 Å². The van der Waals surface area contributed by atoms with Crippen LogP contribution in [0.25, 0.3) is 0 Å². The molecule has 1 N–H and O–H groups in total. The van der Waals surface area contributed by atoms with Gasteiger partial charge in [-0.25, -0.2) is 4.79 Å². The third-order valence-corrected chi connectivity index (χ3v) is 3.47. The van der Waals surface area contributed by atoms with E-state index in [1.165, 1.54) is 5.57 Å². The van der Waals surface area contributed by atoms with Crippen molar-refractivity contribution >= 4 is 5.97 Å². The van der Waals surface area contributed by atoms with Crippen LogP contribution in [-0.2, 0) is 4.79 Å². The van der Waals surface area contributed by atoms with Crippen molar-refractivity contribution in [3.63, 3.8) is 0 Å². The van der Waals surface area contributed by atoms with E-state index in [0.29, 0.717) is 17.9 Å². The van der Waals surface area contributed by atoms with E-state index in [-0.39, 0.29) is 0 Å². The molecule has 3 nitrogen and oxygen atoms in total. The molecule has 0 aliphatic carbocycles. The summed E-state index contributed by atoms with van der Waals surface area (Å²) >= 11 is 0. The summed E-state index contributed by atoms with van der Waals surface area (Å²) in [4.78, 5) is 13.4. The first kappa shape index (κ1) is 9.71. The molecule has 0 aromatic heterocycles. The molecule has 3 rings (SSSR count). The van der Waals surface area contributed by atoms with Crippen LogP contribution >= 0.6 is 0 Å². The summed E-state index contributed by atoms with van der Waals surface area (Å²) in [6.45, 7) is 5.16. The molecule has 0 amide bonds. The van der Waals surface area contributed by atoms with Gasteiger partial charge in [-0.2, -0.15) is 0 Å². The Morgan fingerprint density at radius 2 is 2.14 bits per heavy atom. The molecule has 0 atom stereocenters. The Morgan fingerprint density at radius 3 is 2.50 bits per heavy atom. The summed E-state index contributed by atoms with van der Waals surface area (Å²) < 4.78 is 0. The van der Waals surface area contributed by atoms with Gasteiger partial charge in [0.25, 0.3) is 0 Å². The second kappa shape index (κ2) is 3.73. The lowest BCUT2D eigenvalue weighted by Gasteiger charge is -2.41. The van der Waals surface area contributed by atoms with Crippen LogP contribution < -0.4 is 0 Å². The van der Waals surface area contributed by atoms with Crippen LogP contribution in [0.2, 0.25) is 0 Å². The lowest BCUT2D eigenvalue weighted by Crippen LogP contribution is -2.43. The highest BCUT2D eigenvalue weighted by Gasteiger charge is 2.32. The zero-order valence-electron chi connectivity index (χ0n) is 8.62. The third kappa shape index (κ3) is 1.57. The van der Waals surface area contributed by atoms with Crippen molar-refractivity contribution < 1.29 is 9.90 Å². The van der Waals surface area contributed by atoms with Crippen LogP contribution in [0.15, 0.2) is 11.1 Å². The van der Waals surface area contributed by atoms with Crippen molar-refractivity contribution in [1.29, 1.82) is 0 Å². The number of hydrogen-bond acceptors (Lipinski definition) is 2. The smallest absolute Gasteiger partial charge is 0.331 e. The molecule has 14 heavy (non-hydrogen) atoms. The summed E-state index contributed by atoms with van der Waals surface area (Å²) in [6, 6.07) is 0. The zero-order chi connectivity index (χ0) is 10.1. The largest absolute Gasteiger partial charge is 0.478 e. The highest BCUT2D eigenvalue weighted by molar-refractivity contribution is 5.87. The molecule has 0 radical (unpaired) electrons. The fraction of sp³-hybridized carbons (Fsp3) is 0.727. The number of carbonyl (C=O) groups is 1. The van der Waals surface area contributed by atoms with Gasteiger partial charge in [0, 0.05) is 12.1 Å². The van der Waals surface area contributed by atoms with Crippen LogP contribution in [0.4, 0.5) is 0 Å². The van der Waals surface area contributed by atoms with Gasteiger partial charge < -0.3 is 5.11 Å². The first-order valence-electron chi connectivity index (χ1n) is 5.40. The Labute approximate surface area is 84.4 Å². The molecule has 3 heteroatoms. The molecule has 3 fully saturated rings. The van der Waals surface area contributed by atoms with Crippen molar-refractivity contribution in [2.24, 2.45) is 5.92 Å². The Hall–Kier alpha value is -0.830. The fourth-order valence-corrected chi connectivity index (χ4v) is 2.67. The van der Waals surface area contributed by atoms with Gasteiger partial charge in [-0.05, 0) is 43.8 Å². The second-order valence-electron chi connectivity index (χ2n) is 4.21. The third-order valence-electron chi connectivity index (χ3n) is 3.47. The van der Waals surface area contributed by atoms with Crippen molar-refractivity contribution in [1.82, 2.24) is 4.90 Å². The number of aliphatic carboxylic acids is 1. The molecule has 0 aromatic carbocycles. The first-order chi connectivity index (χ1) is 6.72. The standard InChI is InChI=1S/C11H17NO2/c1-2-9(11(13)14)10-7-12-5-3-8(10)4-6-12/h8H,2-7H2,1H3,(H,13,14)/b10-9-. The number of hydrogen-bond donors (Lipinski definition) is 1.